The molecular weight excluding hydrogens is 256 g/mol. The summed E-state index contributed by atoms with van der Waals surface area (Å²) >= 11 is 3.36. The molecule has 1 N–H and O–H groups in total. The van der Waals surface area contributed by atoms with Gasteiger partial charge in [-0.2, -0.15) is 5.26 Å². The Balaban J connectivity index is 2.88. The van der Waals surface area contributed by atoms with Crippen molar-refractivity contribution in [2.24, 2.45) is 0 Å². The van der Waals surface area contributed by atoms with Gasteiger partial charge in [0.05, 0.1) is 19.1 Å². The first-order chi connectivity index (χ1) is 7.19. The standard InChI is InChI=1S/C11H13BrN2O/c1-14(6-2-5-13)11-4-3-10(12)7-9(11)8-15/h3-4,7,15H,2,6,8H2,1H3. The van der Waals surface area contributed by atoms with Crippen LogP contribution in [-0.4, -0.2) is 18.7 Å². The maximum absolute atomic E-state index is 9.20. The van der Waals surface area contributed by atoms with Gasteiger partial charge in [-0.05, 0) is 18.2 Å². The van der Waals surface area contributed by atoms with E-state index in [0.717, 1.165) is 15.7 Å². The lowest BCUT2D eigenvalue weighted by molar-refractivity contribution is 0.282. The number of hydrogen-bond donors (Lipinski definition) is 1. The predicted molar refractivity (Wildman–Crippen MR) is 63.6 cm³/mol. The molecule has 3 nitrogen and oxygen atoms in total. The van der Waals surface area contributed by atoms with E-state index in [1.807, 2.05) is 30.1 Å². The fourth-order valence-corrected chi connectivity index (χ4v) is 1.80. The van der Waals surface area contributed by atoms with Crippen molar-refractivity contribution >= 4 is 21.6 Å². The van der Waals surface area contributed by atoms with Crippen LogP contribution in [0.3, 0.4) is 0 Å². The Bertz CT molecular complexity index is 373. The molecule has 1 aromatic carbocycles. The fourth-order valence-electron chi connectivity index (χ4n) is 1.39. The molecular formula is C11H13BrN2O. The second-order valence-electron chi connectivity index (χ2n) is 3.26. The first kappa shape index (κ1) is 12.0. The molecule has 0 saturated carbocycles. The zero-order chi connectivity index (χ0) is 11.3. The summed E-state index contributed by atoms with van der Waals surface area (Å²) in [6, 6.07) is 7.86. The number of anilines is 1. The molecule has 0 aliphatic heterocycles. The largest absolute Gasteiger partial charge is 0.392 e. The van der Waals surface area contributed by atoms with Crippen LogP contribution in [0.2, 0.25) is 0 Å². The number of aliphatic hydroxyl groups is 1. The summed E-state index contributed by atoms with van der Waals surface area (Å²) in [6.07, 6.45) is 0.484. The number of nitriles is 1. The molecule has 4 heteroatoms. The molecule has 15 heavy (non-hydrogen) atoms. The minimum Gasteiger partial charge on any atom is -0.392 e. The van der Waals surface area contributed by atoms with Crippen LogP contribution in [0.1, 0.15) is 12.0 Å². The minimum absolute atomic E-state index is 0.00562. The maximum atomic E-state index is 9.20. The zero-order valence-electron chi connectivity index (χ0n) is 8.57. The van der Waals surface area contributed by atoms with Crippen LogP contribution < -0.4 is 4.90 Å². The molecule has 80 valence electrons. The van der Waals surface area contributed by atoms with Crippen molar-refractivity contribution in [3.63, 3.8) is 0 Å². The van der Waals surface area contributed by atoms with Crippen molar-refractivity contribution < 1.29 is 5.11 Å². The third-order valence-corrected chi connectivity index (χ3v) is 2.68. The quantitative estimate of drug-likeness (QED) is 0.912. The number of aliphatic hydroxyl groups excluding tert-OH is 1. The molecule has 0 unspecified atom stereocenters. The molecule has 1 aromatic rings. The molecule has 0 atom stereocenters. The van der Waals surface area contributed by atoms with Crippen LogP contribution >= 0.6 is 15.9 Å². The number of benzene rings is 1. The molecule has 0 fully saturated rings. The van der Waals surface area contributed by atoms with Crippen LogP contribution in [0.5, 0.6) is 0 Å². The lowest BCUT2D eigenvalue weighted by Gasteiger charge is -2.20. The zero-order valence-corrected chi connectivity index (χ0v) is 10.2. The lowest BCUT2D eigenvalue weighted by atomic mass is 10.1. The molecule has 1 rings (SSSR count). The van der Waals surface area contributed by atoms with Crippen molar-refractivity contribution in [1.29, 1.82) is 5.26 Å². The Morgan fingerprint density at radius 3 is 2.87 bits per heavy atom. The first-order valence-corrected chi connectivity index (χ1v) is 5.45. The highest BCUT2D eigenvalue weighted by Crippen LogP contribution is 2.23. The van der Waals surface area contributed by atoms with Gasteiger partial charge in [-0.15, -0.1) is 0 Å². The van der Waals surface area contributed by atoms with Gasteiger partial charge in [0.2, 0.25) is 0 Å². The highest BCUT2D eigenvalue weighted by molar-refractivity contribution is 9.10. The number of hydrogen-bond acceptors (Lipinski definition) is 3. The summed E-state index contributed by atoms with van der Waals surface area (Å²) < 4.78 is 0.948. The Kier molecular flexibility index (Phi) is 4.60. The third-order valence-electron chi connectivity index (χ3n) is 2.18. The van der Waals surface area contributed by atoms with Crippen LogP contribution in [0.4, 0.5) is 5.69 Å². The van der Waals surface area contributed by atoms with Gasteiger partial charge in [-0.3, -0.25) is 0 Å². The lowest BCUT2D eigenvalue weighted by Crippen LogP contribution is -2.19. The van der Waals surface area contributed by atoms with E-state index >= 15 is 0 Å². The number of rotatable bonds is 4. The Morgan fingerprint density at radius 1 is 1.53 bits per heavy atom. The van der Waals surface area contributed by atoms with Crippen LogP contribution in [0.15, 0.2) is 22.7 Å². The van der Waals surface area contributed by atoms with Gasteiger partial charge < -0.3 is 10.0 Å². The van der Waals surface area contributed by atoms with E-state index in [0.29, 0.717) is 13.0 Å². The molecule has 0 aromatic heterocycles. The van der Waals surface area contributed by atoms with E-state index in [-0.39, 0.29) is 6.61 Å². The molecule has 0 aliphatic carbocycles. The predicted octanol–water partition coefficient (Wildman–Crippen LogP) is 2.29. The van der Waals surface area contributed by atoms with Gasteiger partial charge in [-0.1, -0.05) is 15.9 Å². The van der Waals surface area contributed by atoms with Crippen molar-refractivity contribution in [2.45, 2.75) is 13.0 Å². The number of nitrogens with zero attached hydrogens (tertiary/aromatic N) is 2. The summed E-state index contributed by atoms with van der Waals surface area (Å²) in [4.78, 5) is 1.97. The van der Waals surface area contributed by atoms with Gasteiger partial charge in [0, 0.05) is 29.3 Å². The van der Waals surface area contributed by atoms with Gasteiger partial charge in [0.25, 0.3) is 0 Å². The highest BCUT2D eigenvalue weighted by atomic mass is 79.9. The summed E-state index contributed by atoms with van der Waals surface area (Å²) in [7, 11) is 1.92. The molecule has 0 heterocycles. The SMILES string of the molecule is CN(CCC#N)c1ccc(Br)cc1CO. The maximum Gasteiger partial charge on any atom is 0.0702 e. The average Bonchev–Trinajstić information content (AvgIpc) is 2.25. The summed E-state index contributed by atoms with van der Waals surface area (Å²) in [5, 5.41) is 17.7. The van der Waals surface area contributed by atoms with Crippen LogP contribution in [0, 0.1) is 11.3 Å². The Hall–Kier alpha value is -1.05. The van der Waals surface area contributed by atoms with Crippen molar-refractivity contribution in [3.8, 4) is 6.07 Å². The molecule has 0 radical (unpaired) electrons. The van der Waals surface area contributed by atoms with Crippen LogP contribution in [0.25, 0.3) is 0 Å². The van der Waals surface area contributed by atoms with Gasteiger partial charge in [-0.25, -0.2) is 0 Å². The smallest absolute Gasteiger partial charge is 0.0702 e. The summed E-state index contributed by atoms with van der Waals surface area (Å²) in [5.74, 6) is 0. The van der Waals surface area contributed by atoms with Gasteiger partial charge in [0.15, 0.2) is 0 Å². The van der Waals surface area contributed by atoms with E-state index in [2.05, 4.69) is 22.0 Å². The van der Waals surface area contributed by atoms with E-state index < -0.39 is 0 Å². The van der Waals surface area contributed by atoms with E-state index in [1.54, 1.807) is 0 Å². The first-order valence-electron chi connectivity index (χ1n) is 4.66. The van der Waals surface area contributed by atoms with Crippen molar-refractivity contribution in [1.82, 2.24) is 0 Å². The van der Waals surface area contributed by atoms with E-state index in [1.165, 1.54) is 0 Å². The topological polar surface area (TPSA) is 47.3 Å². The molecule has 0 saturated heterocycles. The normalized spacial score (nSPS) is 9.73. The molecule has 0 aliphatic rings. The van der Waals surface area contributed by atoms with E-state index in [9.17, 15) is 5.11 Å². The summed E-state index contributed by atoms with van der Waals surface area (Å²) in [5.41, 5.74) is 1.83. The highest BCUT2D eigenvalue weighted by Gasteiger charge is 2.06. The fraction of sp³-hybridized carbons (Fsp3) is 0.364. The summed E-state index contributed by atoms with van der Waals surface area (Å²) in [6.45, 7) is 0.677. The molecule has 0 spiro atoms. The third kappa shape index (κ3) is 3.22. The minimum atomic E-state index is 0.00562. The number of halogens is 1. The van der Waals surface area contributed by atoms with Gasteiger partial charge in [0.1, 0.15) is 0 Å². The van der Waals surface area contributed by atoms with Crippen molar-refractivity contribution in [2.75, 3.05) is 18.5 Å². The monoisotopic (exact) mass is 268 g/mol. The Morgan fingerprint density at radius 2 is 2.27 bits per heavy atom. The average molecular weight is 269 g/mol. The van der Waals surface area contributed by atoms with E-state index in [4.69, 9.17) is 5.26 Å². The Labute approximate surface area is 98.1 Å². The molecule has 0 amide bonds. The van der Waals surface area contributed by atoms with Crippen molar-refractivity contribution in [3.05, 3.63) is 28.2 Å². The molecule has 0 bridgehead atoms. The second kappa shape index (κ2) is 5.74. The van der Waals surface area contributed by atoms with Gasteiger partial charge >= 0.3 is 0 Å². The van der Waals surface area contributed by atoms with Crippen LogP contribution in [-0.2, 0) is 6.61 Å². The second-order valence-corrected chi connectivity index (χ2v) is 4.18.